The Hall–Kier alpha value is -2.58. The predicted molar refractivity (Wildman–Crippen MR) is 104 cm³/mol. The molecule has 146 valence electrons. The third kappa shape index (κ3) is 4.99. The van der Waals surface area contributed by atoms with E-state index in [2.05, 4.69) is 5.32 Å². The molecule has 0 aliphatic rings. The maximum atomic E-state index is 12.3. The number of nitrogens with one attached hydrogen (secondary N) is 1. The molecule has 0 aromatic heterocycles. The molecule has 0 aliphatic carbocycles. The van der Waals surface area contributed by atoms with Crippen LogP contribution in [0.15, 0.2) is 41.3 Å². The van der Waals surface area contributed by atoms with Gasteiger partial charge in [0.15, 0.2) is 6.61 Å². The summed E-state index contributed by atoms with van der Waals surface area (Å²) < 4.78 is 36.4. The molecule has 27 heavy (non-hydrogen) atoms. The van der Waals surface area contributed by atoms with Crippen LogP contribution in [0.2, 0.25) is 0 Å². The molecule has 0 radical (unpaired) electrons. The molecule has 8 heteroatoms. The van der Waals surface area contributed by atoms with Crippen LogP contribution in [-0.2, 0) is 14.8 Å². The number of hydrogen-bond donors (Lipinski definition) is 1. The van der Waals surface area contributed by atoms with Crippen molar-refractivity contribution in [2.45, 2.75) is 18.7 Å². The van der Waals surface area contributed by atoms with Crippen LogP contribution >= 0.6 is 0 Å². The summed E-state index contributed by atoms with van der Waals surface area (Å²) in [6, 6.07) is 9.96. The van der Waals surface area contributed by atoms with E-state index in [1.807, 2.05) is 32.0 Å². The van der Waals surface area contributed by atoms with Gasteiger partial charge in [0.25, 0.3) is 5.91 Å². The van der Waals surface area contributed by atoms with E-state index in [4.69, 9.17) is 9.47 Å². The van der Waals surface area contributed by atoms with Crippen molar-refractivity contribution in [1.82, 2.24) is 4.31 Å². The van der Waals surface area contributed by atoms with Gasteiger partial charge in [-0.15, -0.1) is 0 Å². The van der Waals surface area contributed by atoms with Crippen LogP contribution in [0.1, 0.15) is 11.1 Å². The van der Waals surface area contributed by atoms with Crippen molar-refractivity contribution in [3.63, 3.8) is 0 Å². The van der Waals surface area contributed by atoms with Gasteiger partial charge < -0.3 is 14.8 Å². The fourth-order valence-electron chi connectivity index (χ4n) is 2.45. The van der Waals surface area contributed by atoms with Crippen LogP contribution in [-0.4, -0.2) is 46.4 Å². The Kier molecular flexibility index (Phi) is 6.45. The number of benzene rings is 2. The Morgan fingerprint density at radius 2 is 1.74 bits per heavy atom. The summed E-state index contributed by atoms with van der Waals surface area (Å²) >= 11 is 0. The van der Waals surface area contributed by atoms with Crippen molar-refractivity contribution in [2.75, 3.05) is 33.1 Å². The standard InChI is InChI=1S/C19H24N2O5S/c1-13-6-8-17(14(2)10-13)26-12-19(22)20-16-11-15(7-9-18(16)25-5)27(23,24)21(3)4/h6-11H,12H2,1-5H3,(H,20,22). The van der Waals surface area contributed by atoms with E-state index >= 15 is 0 Å². The Bertz CT molecular complexity index is 939. The first-order chi connectivity index (χ1) is 12.6. The zero-order valence-corrected chi connectivity index (χ0v) is 16.9. The van der Waals surface area contributed by atoms with Crippen molar-refractivity contribution < 1.29 is 22.7 Å². The lowest BCUT2D eigenvalue weighted by Gasteiger charge is -2.15. The third-order valence-corrected chi connectivity index (χ3v) is 5.72. The average Bonchev–Trinajstić information content (AvgIpc) is 2.60. The maximum absolute atomic E-state index is 12.3. The number of amides is 1. The maximum Gasteiger partial charge on any atom is 0.262 e. The van der Waals surface area contributed by atoms with Crippen LogP contribution in [0.25, 0.3) is 0 Å². The van der Waals surface area contributed by atoms with E-state index < -0.39 is 15.9 Å². The smallest absolute Gasteiger partial charge is 0.262 e. The van der Waals surface area contributed by atoms with Gasteiger partial charge in [-0.05, 0) is 43.7 Å². The first-order valence-electron chi connectivity index (χ1n) is 8.25. The number of methoxy groups -OCH3 is 1. The largest absolute Gasteiger partial charge is 0.495 e. The lowest BCUT2D eigenvalue weighted by molar-refractivity contribution is -0.118. The summed E-state index contributed by atoms with van der Waals surface area (Å²) in [7, 11) is 0.692. The van der Waals surface area contributed by atoms with Crippen molar-refractivity contribution in [3.05, 3.63) is 47.5 Å². The minimum Gasteiger partial charge on any atom is -0.495 e. The molecule has 0 fully saturated rings. The Labute approximate surface area is 160 Å². The van der Waals surface area contributed by atoms with Crippen LogP contribution in [0.3, 0.4) is 0 Å². The molecule has 7 nitrogen and oxygen atoms in total. The molecule has 2 aromatic carbocycles. The Morgan fingerprint density at radius 3 is 2.33 bits per heavy atom. The van der Waals surface area contributed by atoms with Gasteiger partial charge in [-0.2, -0.15) is 0 Å². The number of carbonyl (C=O) groups excluding carboxylic acids is 1. The summed E-state index contributed by atoms with van der Waals surface area (Å²) in [6.45, 7) is 3.67. The quantitative estimate of drug-likeness (QED) is 0.783. The van der Waals surface area contributed by atoms with Gasteiger partial charge in [0, 0.05) is 14.1 Å². The van der Waals surface area contributed by atoms with E-state index in [0.29, 0.717) is 11.5 Å². The fourth-order valence-corrected chi connectivity index (χ4v) is 3.38. The van der Waals surface area contributed by atoms with Gasteiger partial charge in [0.05, 0.1) is 17.7 Å². The summed E-state index contributed by atoms with van der Waals surface area (Å²) in [5.41, 5.74) is 2.29. The Morgan fingerprint density at radius 1 is 1.07 bits per heavy atom. The van der Waals surface area contributed by atoms with Gasteiger partial charge in [-0.3, -0.25) is 4.79 Å². The highest BCUT2D eigenvalue weighted by Crippen LogP contribution is 2.28. The molecule has 0 bridgehead atoms. The summed E-state index contributed by atoms with van der Waals surface area (Å²) in [5.74, 6) is 0.548. The number of sulfonamides is 1. The lowest BCUT2D eigenvalue weighted by atomic mass is 10.1. The van der Waals surface area contributed by atoms with Crippen molar-refractivity contribution >= 4 is 21.6 Å². The van der Waals surface area contributed by atoms with Crippen molar-refractivity contribution in [2.24, 2.45) is 0 Å². The van der Waals surface area contributed by atoms with Crippen molar-refractivity contribution in [1.29, 1.82) is 0 Å². The number of nitrogens with zero attached hydrogens (tertiary/aromatic N) is 1. The average molecular weight is 392 g/mol. The summed E-state index contributed by atoms with van der Waals surface area (Å²) in [6.07, 6.45) is 0. The first-order valence-corrected chi connectivity index (χ1v) is 9.69. The van der Waals surface area contributed by atoms with E-state index in [-0.39, 0.29) is 17.2 Å². The second-order valence-electron chi connectivity index (χ2n) is 6.26. The number of carbonyl (C=O) groups is 1. The highest BCUT2D eigenvalue weighted by Gasteiger charge is 2.20. The van der Waals surface area contributed by atoms with Crippen LogP contribution in [0.5, 0.6) is 11.5 Å². The number of ether oxygens (including phenoxy) is 2. The van der Waals surface area contributed by atoms with Gasteiger partial charge in [0.2, 0.25) is 10.0 Å². The Balaban J connectivity index is 2.16. The van der Waals surface area contributed by atoms with Crippen LogP contribution in [0, 0.1) is 13.8 Å². The van der Waals surface area contributed by atoms with Gasteiger partial charge in [-0.1, -0.05) is 17.7 Å². The molecular formula is C19H24N2O5S. The second-order valence-corrected chi connectivity index (χ2v) is 8.41. The molecule has 0 saturated carbocycles. The van der Waals surface area contributed by atoms with E-state index in [9.17, 15) is 13.2 Å². The van der Waals surface area contributed by atoms with Crippen LogP contribution < -0.4 is 14.8 Å². The minimum atomic E-state index is -3.63. The molecule has 0 atom stereocenters. The highest BCUT2D eigenvalue weighted by molar-refractivity contribution is 7.89. The molecule has 0 aliphatic heterocycles. The molecule has 2 rings (SSSR count). The monoisotopic (exact) mass is 392 g/mol. The molecule has 0 saturated heterocycles. The number of anilines is 1. The number of rotatable bonds is 7. The molecule has 0 unspecified atom stereocenters. The van der Waals surface area contributed by atoms with Crippen molar-refractivity contribution in [3.8, 4) is 11.5 Å². The molecule has 2 aromatic rings. The van der Waals surface area contributed by atoms with Gasteiger partial charge >= 0.3 is 0 Å². The van der Waals surface area contributed by atoms with E-state index in [0.717, 1.165) is 15.4 Å². The van der Waals surface area contributed by atoms with E-state index in [1.54, 1.807) is 0 Å². The highest BCUT2D eigenvalue weighted by atomic mass is 32.2. The topological polar surface area (TPSA) is 84.9 Å². The number of aryl methyl sites for hydroxylation is 2. The molecule has 0 heterocycles. The predicted octanol–water partition coefficient (Wildman–Crippen LogP) is 2.58. The molecule has 1 amide bonds. The molecular weight excluding hydrogens is 368 g/mol. The lowest BCUT2D eigenvalue weighted by Crippen LogP contribution is -2.23. The van der Waals surface area contributed by atoms with Crippen LogP contribution in [0.4, 0.5) is 5.69 Å². The zero-order valence-electron chi connectivity index (χ0n) is 16.1. The fraction of sp³-hybridized carbons (Fsp3) is 0.316. The normalized spacial score (nSPS) is 11.3. The number of hydrogen-bond acceptors (Lipinski definition) is 5. The first kappa shape index (κ1) is 20.7. The van der Waals surface area contributed by atoms with Gasteiger partial charge in [-0.25, -0.2) is 12.7 Å². The second kappa shape index (κ2) is 8.41. The van der Waals surface area contributed by atoms with Gasteiger partial charge in [0.1, 0.15) is 11.5 Å². The third-order valence-electron chi connectivity index (χ3n) is 3.91. The molecule has 0 spiro atoms. The van der Waals surface area contributed by atoms with E-state index in [1.165, 1.54) is 39.4 Å². The SMILES string of the molecule is COc1ccc(S(=O)(=O)N(C)C)cc1NC(=O)COc1ccc(C)cc1C. The minimum absolute atomic E-state index is 0.0545. The summed E-state index contributed by atoms with van der Waals surface area (Å²) in [5, 5.41) is 2.64. The molecule has 1 N–H and O–H groups in total. The zero-order chi connectivity index (χ0) is 20.2. The summed E-state index contributed by atoms with van der Waals surface area (Å²) in [4.78, 5) is 12.3.